The van der Waals surface area contributed by atoms with E-state index < -0.39 is 10.0 Å². The van der Waals surface area contributed by atoms with E-state index in [0.29, 0.717) is 34.3 Å². The summed E-state index contributed by atoms with van der Waals surface area (Å²) in [5.74, 6) is 0.496. The largest absolute Gasteiger partial charge is 0.496 e. The smallest absolute Gasteiger partial charge is 0.243 e. The molecule has 1 fully saturated rings. The van der Waals surface area contributed by atoms with Crippen LogP contribution in [0.4, 0.5) is 0 Å². The highest BCUT2D eigenvalue weighted by atomic mass is 32.2. The molecule has 0 aliphatic carbocycles. The van der Waals surface area contributed by atoms with Gasteiger partial charge in [0.15, 0.2) is 5.78 Å². The molecule has 162 valence electrons. The fraction of sp³-hybridized carbons (Fsp3) is 0.304. The van der Waals surface area contributed by atoms with Gasteiger partial charge in [0.1, 0.15) is 10.8 Å². The van der Waals surface area contributed by atoms with Crippen LogP contribution in [0.25, 0.3) is 11.3 Å². The Bertz CT molecular complexity index is 1160. The van der Waals surface area contributed by atoms with Crippen LogP contribution < -0.4 is 4.74 Å². The topological polar surface area (TPSA) is 76.6 Å². The Hall–Kier alpha value is -2.55. The summed E-state index contributed by atoms with van der Waals surface area (Å²) in [6.45, 7) is 1.17. The molecule has 1 aromatic heterocycles. The molecule has 6 nitrogen and oxygen atoms in total. The number of Topliss-reactive ketones (excluding diaryl/α,β-unsaturated/α-hetero) is 1. The van der Waals surface area contributed by atoms with Gasteiger partial charge in [0.2, 0.25) is 10.0 Å². The number of sulfonamides is 1. The van der Waals surface area contributed by atoms with Gasteiger partial charge in [-0.1, -0.05) is 30.7 Å². The number of rotatable bonds is 7. The van der Waals surface area contributed by atoms with E-state index in [1.54, 1.807) is 47.8 Å². The van der Waals surface area contributed by atoms with Crippen LogP contribution in [0, 0.1) is 0 Å². The molecule has 4 rings (SSSR count). The normalized spacial score (nSPS) is 15.0. The number of ether oxygens (including phenoxy) is 1. The van der Waals surface area contributed by atoms with Gasteiger partial charge in [-0.25, -0.2) is 13.4 Å². The highest BCUT2D eigenvalue weighted by molar-refractivity contribution is 7.89. The fourth-order valence-electron chi connectivity index (χ4n) is 3.68. The van der Waals surface area contributed by atoms with Crippen LogP contribution in [0.5, 0.6) is 5.75 Å². The first-order chi connectivity index (χ1) is 15.0. The third kappa shape index (κ3) is 4.71. The number of benzene rings is 2. The summed E-state index contributed by atoms with van der Waals surface area (Å²) in [5, 5.41) is 2.59. The first-order valence-electron chi connectivity index (χ1n) is 10.2. The molecule has 0 amide bonds. The van der Waals surface area contributed by atoms with E-state index in [4.69, 9.17) is 4.74 Å². The van der Waals surface area contributed by atoms with E-state index in [2.05, 4.69) is 4.98 Å². The summed E-state index contributed by atoms with van der Waals surface area (Å²) in [7, 11) is -1.91. The Morgan fingerprint density at radius 1 is 1.06 bits per heavy atom. The second-order valence-electron chi connectivity index (χ2n) is 7.42. The van der Waals surface area contributed by atoms with Gasteiger partial charge in [-0.15, -0.1) is 11.3 Å². The number of aromatic nitrogens is 1. The lowest BCUT2D eigenvalue weighted by Gasteiger charge is -2.25. The van der Waals surface area contributed by atoms with Crippen molar-refractivity contribution in [3.8, 4) is 17.0 Å². The third-order valence-corrected chi connectivity index (χ3v) is 8.14. The van der Waals surface area contributed by atoms with Crippen LogP contribution in [-0.2, 0) is 16.4 Å². The second-order valence-corrected chi connectivity index (χ2v) is 10.3. The number of hydrogen-bond donors (Lipinski definition) is 0. The average molecular weight is 457 g/mol. The highest BCUT2D eigenvalue weighted by Gasteiger charge is 2.25. The van der Waals surface area contributed by atoms with E-state index in [1.807, 2.05) is 17.5 Å². The summed E-state index contributed by atoms with van der Waals surface area (Å²) in [4.78, 5) is 17.5. The number of carbonyl (C=O) groups excluding carboxylic acids is 1. The minimum Gasteiger partial charge on any atom is -0.496 e. The molecule has 0 bridgehead atoms. The Morgan fingerprint density at radius 3 is 2.48 bits per heavy atom. The van der Waals surface area contributed by atoms with Crippen molar-refractivity contribution in [2.75, 3.05) is 20.2 Å². The molecule has 0 unspecified atom stereocenters. The van der Waals surface area contributed by atoms with Gasteiger partial charge < -0.3 is 4.74 Å². The lowest BCUT2D eigenvalue weighted by molar-refractivity contribution is 0.0990. The van der Waals surface area contributed by atoms with Crippen molar-refractivity contribution >= 4 is 27.1 Å². The lowest BCUT2D eigenvalue weighted by Crippen LogP contribution is -2.35. The van der Waals surface area contributed by atoms with Gasteiger partial charge in [0.25, 0.3) is 0 Å². The maximum absolute atomic E-state index is 12.8. The minimum atomic E-state index is -3.45. The average Bonchev–Trinajstić information content (AvgIpc) is 3.28. The lowest BCUT2D eigenvalue weighted by atomic mass is 10.1. The number of nitrogens with zero attached hydrogens (tertiary/aromatic N) is 2. The Labute approximate surface area is 186 Å². The molecule has 31 heavy (non-hydrogen) atoms. The van der Waals surface area contributed by atoms with Crippen LogP contribution in [0.15, 0.2) is 58.8 Å². The van der Waals surface area contributed by atoms with Crippen molar-refractivity contribution in [3.63, 3.8) is 0 Å². The molecule has 1 saturated heterocycles. The van der Waals surface area contributed by atoms with Crippen LogP contribution >= 0.6 is 11.3 Å². The summed E-state index contributed by atoms with van der Waals surface area (Å²) >= 11 is 1.41. The zero-order chi connectivity index (χ0) is 21.8. The van der Waals surface area contributed by atoms with Gasteiger partial charge in [-0.2, -0.15) is 4.31 Å². The zero-order valence-electron chi connectivity index (χ0n) is 17.3. The SMILES string of the molecule is COc1ccccc1C(=O)Cc1nc(-c2ccc(S(=O)(=O)N3CCCCC3)cc2)cs1. The van der Waals surface area contributed by atoms with Crippen LogP contribution in [-0.4, -0.2) is 43.7 Å². The minimum absolute atomic E-state index is 0.0543. The highest BCUT2D eigenvalue weighted by Crippen LogP contribution is 2.27. The maximum atomic E-state index is 12.8. The van der Waals surface area contributed by atoms with Crippen LogP contribution in [0.1, 0.15) is 34.6 Å². The second kappa shape index (κ2) is 9.30. The number of methoxy groups -OCH3 is 1. The fourth-order valence-corrected chi connectivity index (χ4v) is 6.00. The Kier molecular flexibility index (Phi) is 6.50. The summed E-state index contributed by atoms with van der Waals surface area (Å²) in [6, 6.07) is 14.0. The molecular formula is C23H24N2O4S2. The molecule has 8 heteroatoms. The Balaban J connectivity index is 1.48. The van der Waals surface area contributed by atoms with Crippen molar-refractivity contribution in [1.82, 2.24) is 9.29 Å². The number of hydrogen-bond acceptors (Lipinski definition) is 6. The molecule has 0 saturated carbocycles. The number of carbonyl (C=O) groups is 1. The molecule has 2 heterocycles. The van der Waals surface area contributed by atoms with Gasteiger partial charge in [-0.3, -0.25) is 4.79 Å². The monoisotopic (exact) mass is 456 g/mol. The quantitative estimate of drug-likeness (QED) is 0.492. The third-order valence-electron chi connectivity index (χ3n) is 5.37. The van der Waals surface area contributed by atoms with E-state index in [-0.39, 0.29) is 12.2 Å². The molecule has 3 aromatic rings. The van der Waals surface area contributed by atoms with Gasteiger partial charge in [0, 0.05) is 24.0 Å². The van der Waals surface area contributed by atoms with Crippen molar-refractivity contribution in [1.29, 1.82) is 0 Å². The van der Waals surface area contributed by atoms with Crippen molar-refractivity contribution in [2.24, 2.45) is 0 Å². The summed E-state index contributed by atoms with van der Waals surface area (Å²) < 4.78 is 32.5. The zero-order valence-corrected chi connectivity index (χ0v) is 18.9. The van der Waals surface area contributed by atoms with E-state index >= 15 is 0 Å². The van der Waals surface area contributed by atoms with E-state index in [0.717, 1.165) is 30.5 Å². The van der Waals surface area contributed by atoms with Crippen molar-refractivity contribution in [2.45, 2.75) is 30.6 Å². The predicted octanol–water partition coefficient (Wildman–Crippen LogP) is 4.42. The van der Waals surface area contributed by atoms with Crippen LogP contribution in [0.3, 0.4) is 0 Å². The van der Waals surface area contributed by atoms with Crippen molar-refractivity contribution < 1.29 is 17.9 Å². The number of piperidine rings is 1. The predicted molar refractivity (Wildman–Crippen MR) is 121 cm³/mol. The molecule has 2 aromatic carbocycles. The number of para-hydroxylation sites is 1. The number of thiazole rings is 1. The first kappa shape index (κ1) is 21.7. The van der Waals surface area contributed by atoms with Gasteiger partial charge >= 0.3 is 0 Å². The van der Waals surface area contributed by atoms with E-state index in [1.165, 1.54) is 11.3 Å². The molecule has 1 aliphatic heterocycles. The molecule has 0 atom stereocenters. The summed E-state index contributed by atoms with van der Waals surface area (Å²) in [5.41, 5.74) is 2.09. The molecule has 1 aliphatic rings. The van der Waals surface area contributed by atoms with E-state index in [9.17, 15) is 13.2 Å². The Morgan fingerprint density at radius 2 is 1.77 bits per heavy atom. The van der Waals surface area contributed by atoms with Crippen molar-refractivity contribution in [3.05, 3.63) is 64.5 Å². The first-order valence-corrected chi connectivity index (χ1v) is 12.5. The maximum Gasteiger partial charge on any atom is 0.243 e. The molecular weight excluding hydrogens is 432 g/mol. The van der Waals surface area contributed by atoms with Gasteiger partial charge in [-0.05, 0) is 37.1 Å². The molecule has 0 N–H and O–H groups in total. The standard InChI is InChI=1S/C23H24N2O4S2/c1-29-22-8-4-3-7-19(22)21(26)15-23-24-20(16-30-23)17-9-11-18(12-10-17)31(27,28)25-13-5-2-6-14-25/h3-4,7-12,16H,2,5-6,13-15H2,1H3. The number of ketones is 1. The molecule has 0 radical (unpaired) electrons. The van der Waals surface area contributed by atoms with Crippen LogP contribution in [0.2, 0.25) is 0 Å². The molecule has 0 spiro atoms. The van der Waals surface area contributed by atoms with Gasteiger partial charge in [0.05, 0.1) is 29.7 Å². The summed E-state index contributed by atoms with van der Waals surface area (Å²) in [6.07, 6.45) is 3.09.